The fraction of sp³-hybridized carbons (Fsp3) is 0.727. The summed E-state index contributed by atoms with van der Waals surface area (Å²) in [7, 11) is 2.12. The van der Waals surface area contributed by atoms with Crippen molar-refractivity contribution in [1.82, 2.24) is 5.32 Å². The van der Waals surface area contributed by atoms with Crippen molar-refractivity contribution >= 4 is 5.97 Å². The molecule has 0 bridgehead atoms. The van der Waals surface area contributed by atoms with Crippen LogP contribution in [-0.4, -0.2) is 49.9 Å². The number of quaternary nitrogens is 1. The van der Waals surface area contributed by atoms with Gasteiger partial charge in [0.05, 0.1) is 20.1 Å². The molecule has 0 spiro atoms. The molecule has 0 aromatic rings. The number of carbonyl (C=O) groups excluding carboxylic acids is 1. The molecule has 0 radical (unpaired) electrons. The zero-order valence-electron chi connectivity index (χ0n) is 9.88. The van der Waals surface area contributed by atoms with Crippen LogP contribution in [0.15, 0.2) is 12.2 Å². The first-order valence-electron chi connectivity index (χ1n) is 5.37. The molecule has 1 rings (SSSR count). The standard InChI is InChI=1S/C11H21N2O2/c1-9(2)11(14)15-10(3)13(4)7-5-12-6-8-13/h10,12H,1,5-8H2,2-4H3/q+1. The molecule has 1 unspecified atom stereocenters. The number of likely N-dealkylation sites (N-methyl/N-ethyl adjacent to an activating group) is 1. The second kappa shape index (κ2) is 4.77. The minimum Gasteiger partial charge on any atom is -0.409 e. The topological polar surface area (TPSA) is 38.3 Å². The smallest absolute Gasteiger partial charge is 0.337 e. The van der Waals surface area contributed by atoms with E-state index in [1.807, 2.05) is 6.92 Å². The summed E-state index contributed by atoms with van der Waals surface area (Å²) in [6.07, 6.45) is -0.101. The van der Waals surface area contributed by atoms with Crippen molar-refractivity contribution in [2.75, 3.05) is 33.2 Å². The summed E-state index contributed by atoms with van der Waals surface area (Å²) in [5.74, 6) is -0.291. The predicted molar refractivity (Wildman–Crippen MR) is 59.2 cm³/mol. The van der Waals surface area contributed by atoms with Gasteiger partial charge < -0.3 is 10.1 Å². The lowest BCUT2D eigenvalue weighted by atomic mass is 10.3. The minimum atomic E-state index is -0.291. The van der Waals surface area contributed by atoms with Crippen LogP contribution < -0.4 is 5.32 Å². The summed E-state index contributed by atoms with van der Waals surface area (Å²) in [5.41, 5.74) is 0.462. The van der Waals surface area contributed by atoms with Crippen molar-refractivity contribution < 1.29 is 14.0 Å². The first-order chi connectivity index (χ1) is 6.96. The number of carbonyl (C=O) groups is 1. The van der Waals surface area contributed by atoms with E-state index in [1.54, 1.807) is 6.92 Å². The number of ether oxygens (including phenoxy) is 1. The Labute approximate surface area is 91.5 Å². The van der Waals surface area contributed by atoms with Gasteiger partial charge in [0.2, 0.25) is 6.23 Å². The number of esters is 1. The lowest BCUT2D eigenvalue weighted by molar-refractivity contribution is -0.951. The number of nitrogens with zero attached hydrogens (tertiary/aromatic N) is 1. The third-order valence-electron chi connectivity index (χ3n) is 3.10. The Morgan fingerprint density at radius 3 is 2.47 bits per heavy atom. The molecule has 1 saturated heterocycles. The molecule has 1 aliphatic heterocycles. The molecule has 0 aromatic carbocycles. The molecule has 1 fully saturated rings. The Balaban J connectivity index is 2.54. The van der Waals surface area contributed by atoms with Gasteiger partial charge in [-0.2, -0.15) is 0 Å². The highest BCUT2D eigenvalue weighted by Crippen LogP contribution is 2.14. The normalized spacial score (nSPS) is 21.8. The number of piperazine rings is 1. The van der Waals surface area contributed by atoms with Gasteiger partial charge in [0.25, 0.3) is 0 Å². The molecule has 1 aliphatic rings. The number of nitrogens with one attached hydrogen (secondary N) is 1. The summed E-state index contributed by atoms with van der Waals surface area (Å²) >= 11 is 0. The summed E-state index contributed by atoms with van der Waals surface area (Å²) in [6.45, 7) is 11.1. The van der Waals surface area contributed by atoms with E-state index in [-0.39, 0.29) is 12.2 Å². The highest BCUT2D eigenvalue weighted by Gasteiger charge is 2.33. The quantitative estimate of drug-likeness (QED) is 0.421. The third-order valence-corrected chi connectivity index (χ3v) is 3.10. The maximum atomic E-state index is 11.4. The maximum Gasteiger partial charge on any atom is 0.337 e. The van der Waals surface area contributed by atoms with Crippen molar-refractivity contribution in [2.45, 2.75) is 20.1 Å². The lowest BCUT2D eigenvalue weighted by Crippen LogP contribution is -2.61. The molecule has 0 saturated carbocycles. The molecule has 0 aromatic heterocycles. The van der Waals surface area contributed by atoms with Crippen molar-refractivity contribution in [3.63, 3.8) is 0 Å². The van der Waals surface area contributed by atoms with E-state index in [9.17, 15) is 4.79 Å². The third kappa shape index (κ3) is 3.04. The first kappa shape index (κ1) is 12.2. The zero-order valence-corrected chi connectivity index (χ0v) is 9.88. The van der Waals surface area contributed by atoms with Crippen LogP contribution in [-0.2, 0) is 9.53 Å². The Morgan fingerprint density at radius 2 is 2.00 bits per heavy atom. The Morgan fingerprint density at radius 1 is 1.47 bits per heavy atom. The van der Waals surface area contributed by atoms with Crippen LogP contribution in [0, 0.1) is 0 Å². The van der Waals surface area contributed by atoms with Crippen LogP contribution in [0.5, 0.6) is 0 Å². The van der Waals surface area contributed by atoms with E-state index in [0.29, 0.717) is 5.57 Å². The summed E-state index contributed by atoms with van der Waals surface area (Å²) in [5, 5.41) is 3.30. The van der Waals surface area contributed by atoms with E-state index < -0.39 is 0 Å². The van der Waals surface area contributed by atoms with Gasteiger partial charge in [-0.3, -0.25) is 4.48 Å². The predicted octanol–water partition coefficient (Wildman–Crippen LogP) is 0.502. The van der Waals surface area contributed by atoms with Crippen molar-refractivity contribution in [1.29, 1.82) is 0 Å². The van der Waals surface area contributed by atoms with Gasteiger partial charge in [0, 0.05) is 25.6 Å². The van der Waals surface area contributed by atoms with Gasteiger partial charge in [-0.25, -0.2) is 4.79 Å². The second-order valence-electron chi connectivity index (χ2n) is 4.46. The largest absolute Gasteiger partial charge is 0.409 e. The molecule has 86 valence electrons. The average molecular weight is 213 g/mol. The van der Waals surface area contributed by atoms with Crippen LogP contribution in [0.3, 0.4) is 0 Å². The summed E-state index contributed by atoms with van der Waals surface area (Å²) < 4.78 is 6.14. The van der Waals surface area contributed by atoms with E-state index in [2.05, 4.69) is 18.9 Å². The fourth-order valence-electron chi connectivity index (χ4n) is 1.65. The van der Waals surface area contributed by atoms with Crippen LogP contribution in [0.1, 0.15) is 13.8 Å². The molecule has 1 N–H and O–H groups in total. The minimum absolute atomic E-state index is 0.101. The van der Waals surface area contributed by atoms with Crippen LogP contribution in [0.2, 0.25) is 0 Å². The van der Waals surface area contributed by atoms with Gasteiger partial charge in [0.15, 0.2) is 0 Å². The summed E-state index contributed by atoms with van der Waals surface area (Å²) in [4.78, 5) is 11.4. The van der Waals surface area contributed by atoms with Crippen molar-refractivity contribution in [2.24, 2.45) is 0 Å². The van der Waals surface area contributed by atoms with Crippen molar-refractivity contribution in [3.05, 3.63) is 12.2 Å². The summed E-state index contributed by atoms with van der Waals surface area (Å²) in [6, 6.07) is 0. The lowest BCUT2D eigenvalue weighted by Gasteiger charge is -2.41. The fourth-order valence-corrected chi connectivity index (χ4v) is 1.65. The SMILES string of the molecule is C=C(C)C(=O)OC(C)[N+]1(C)CCNCC1. The molecule has 0 aliphatic carbocycles. The molecule has 0 amide bonds. The second-order valence-corrected chi connectivity index (χ2v) is 4.46. The van der Waals surface area contributed by atoms with E-state index >= 15 is 0 Å². The van der Waals surface area contributed by atoms with E-state index in [4.69, 9.17) is 4.74 Å². The first-order valence-corrected chi connectivity index (χ1v) is 5.37. The number of rotatable bonds is 3. The highest BCUT2D eigenvalue weighted by atomic mass is 16.6. The molecular weight excluding hydrogens is 192 g/mol. The Hall–Kier alpha value is -0.870. The highest BCUT2D eigenvalue weighted by molar-refractivity contribution is 5.86. The number of hydrogen-bond donors (Lipinski definition) is 1. The maximum absolute atomic E-state index is 11.4. The van der Waals surface area contributed by atoms with E-state index in [1.165, 1.54) is 0 Å². The molecule has 15 heavy (non-hydrogen) atoms. The Kier molecular flexibility index (Phi) is 3.88. The zero-order chi connectivity index (χ0) is 11.5. The van der Waals surface area contributed by atoms with Crippen LogP contribution in [0.4, 0.5) is 0 Å². The molecule has 4 nitrogen and oxygen atoms in total. The van der Waals surface area contributed by atoms with E-state index in [0.717, 1.165) is 30.7 Å². The number of hydrogen-bond acceptors (Lipinski definition) is 3. The molecule has 1 heterocycles. The van der Waals surface area contributed by atoms with Gasteiger partial charge >= 0.3 is 5.97 Å². The van der Waals surface area contributed by atoms with Gasteiger partial charge in [0.1, 0.15) is 0 Å². The molecule has 4 heteroatoms. The van der Waals surface area contributed by atoms with Crippen molar-refractivity contribution in [3.8, 4) is 0 Å². The molecular formula is C11H21N2O2+. The van der Waals surface area contributed by atoms with Gasteiger partial charge in [-0.05, 0) is 6.92 Å². The van der Waals surface area contributed by atoms with Crippen LogP contribution >= 0.6 is 0 Å². The van der Waals surface area contributed by atoms with Gasteiger partial charge in [-0.1, -0.05) is 6.58 Å². The Bertz CT molecular complexity index is 257. The monoisotopic (exact) mass is 213 g/mol. The molecule has 1 atom stereocenters. The van der Waals surface area contributed by atoms with Crippen LogP contribution in [0.25, 0.3) is 0 Å². The average Bonchev–Trinajstić information content (AvgIpc) is 2.18. The van der Waals surface area contributed by atoms with Gasteiger partial charge in [-0.15, -0.1) is 0 Å².